The molecule has 0 spiro atoms. The maximum Gasteiger partial charge on any atom is 0.127 e. The summed E-state index contributed by atoms with van der Waals surface area (Å²) >= 11 is 0. The molecule has 1 N–H and O–H groups in total. The topological polar surface area (TPSA) is 33.7 Å². The quantitative estimate of drug-likeness (QED) is 0.874. The van der Waals surface area contributed by atoms with Gasteiger partial charge in [-0.2, -0.15) is 0 Å². The zero-order chi connectivity index (χ0) is 15.4. The van der Waals surface area contributed by atoms with Crippen LogP contribution in [0.1, 0.15) is 31.9 Å². The molecule has 0 amide bonds. The minimum Gasteiger partial charge on any atom is -0.497 e. The van der Waals surface area contributed by atoms with Gasteiger partial charge in [-0.15, -0.1) is 0 Å². The molecule has 0 bridgehead atoms. The molecule has 0 saturated carbocycles. The summed E-state index contributed by atoms with van der Waals surface area (Å²) in [6, 6.07) is 6.97. The van der Waals surface area contributed by atoms with E-state index in [9.17, 15) is 0 Å². The number of ether oxygens (including phenoxy) is 2. The molecule has 1 aliphatic rings. The molecule has 2 rings (SSSR count). The number of benzene rings is 1. The van der Waals surface area contributed by atoms with Gasteiger partial charge < -0.3 is 14.8 Å². The van der Waals surface area contributed by atoms with E-state index < -0.39 is 0 Å². The highest BCUT2D eigenvalue weighted by Gasteiger charge is 2.28. The highest BCUT2D eigenvalue weighted by molar-refractivity contribution is 5.42. The Kier molecular flexibility index (Phi) is 5.48. The molecule has 4 nitrogen and oxygen atoms in total. The largest absolute Gasteiger partial charge is 0.497 e. The standard InChI is InChI=1S/C17H28N2O2/c1-12-8-13(2)19(10-12)11-16(18-3)15-7-6-14(20-4)9-17(15)21-5/h6-7,9,12-13,16,18H,8,10-11H2,1-5H3. The van der Waals surface area contributed by atoms with Crippen LogP contribution in [0.4, 0.5) is 0 Å². The van der Waals surface area contributed by atoms with Gasteiger partial charge >= 0.3 is 0 Å². The number of hydrogen-bond acceptors (Lipinski definition) is 4. The van der Waals surface area contributed by atoms with Crippen molar-refractivity contribution in [1.82, 2.24) is 10.2 Å². The fourth-order valence-electron chi connectivity index (χ4n) is 3.33. The molecular formula is C17H28N2O2. The third-order valence-electron chi connectivity index (χ3n) is 4.49. The first-order chi connectivity index (χ1) is 10.1. The van der Waals surface area contributed by atoms with Crippen LogP contribution in [0.3, 0.4) is 0 Å². The van der Waals surface area contributed by atoms with Crippen LogP contribution in [0.25, 0.3) is 0 Å². The maximum absolute atomic E-state index is 5.54. The van der Waals surface area contributed by atoms with Gasteiger partial charge in [0.05, 0.1) is 14.2 Å². The number of nitrogens with one attached hydrogen (secondary N) is 1. The molecular weight excluding hydrogens is 264 g/mol. The van der Waals surface area contributed by atoms with Crippen molar-refractivity contribution in [1.29, 1.82) is 0 Å². The molecule has 0 aromatic heterocycles. The Morgan fingerprint density at radius 2 is 2.05 bits per heavy atom. The molecule has 1 fully saturated rings. The van der Waals surface area contributed by atoms with Crippen LogP contribution in [-0.2, 0) is 0 Å². The fourth-order valence-corrected chi connectivity index (χ4v) is 3.33. The summed E-state index contributed by atoms with van der Waals surface area (Å²) in [5.41, 5.74) is 1.19. The number of likely N-dealkylation sites (tertiary alicyclic amines) is 1. The van der Waals surface area contributed by atoms with E-state index in [-0.39, 0.29) is 6.04 Å². The molecule has 1 aromatic rings. The Hall–Kier alpha value is -1.26. The second-order valence-electron chi connectivity index (χ2n) is 6.09. The Morgan fingerprint density at radius 3 is 2.57 bits per heavy atom. The van der Waals surface area contributed by atoms with Crippen molar-refractivity contribution in [2.75, 3.05) is 34.4 Å². The van der Waals surface area contributed by atoms with Gasteiger partial charge in [0.2, 0.25) is 0 Å². The molecule has 1 heterocycles. The van der Waals surface area contributed by atoms with Crippen LogP contribution in [0.5, 0.6) is 11.5 Å². The van der Waals surface area contributed by atoms with Gasteiger partial charge in [-0.25, -0.2) is 0 Å². The Balaban J connectivity index is 2.17. The Morgan fingerprint density at radius 1 is 1.29 bits per heavy atom. The molecule has 21 heavy (non-hydrogen) atoms. The van der Waals surface area contributed by atoms with Crippen molar-refractivity contribution < 1.29 is 9.47 Å². The predicted molar refractivity (Wildman–Crippen MR) is 86.2 cm³/mol. The number of rotatable bonds is 6. The van der Waals surface area contributed by atoms with Crippen molar-refractivity contribution in [3.05, 3.63) is 23.8 Å². The molecule has 1 aromatic carbocycles. The molecule has 1 aliphatic heterocycles. The molecule has 3 unspecified atom stereocenters. The Bertz CT molecular complexity index is 464. The van der Waals surface area contributed by atoms with Crippen molar-refractivity contribution in [2.24, 2.45) is 5.92 Å². The zero-order valence-corrected chi connectivity index (χ0v) is 13.8. The highest BCUT2D eigenvalue weighted by Crippen LogP contribution is 2.31. The first kappa shape index (κ1) is 16.1. The van der Waals surface area contributed by atoms with Crippen molar-refractivity contribution in [3.8, 4) is 11.5 Å². The Labute approximate surface area is 128 Å². The van der Waals surface area contributed by atoms with Gasteiger partial charge in [-0.05, 0) is 32.4 Å². The monoisotopic (exact) mass is 292 g/mol. The van der Waals surface area contributed by atoms with Gasteiger partial charge in [0.15, 0.2) is 0 Å². The van der Waals surface area contributed by atoms with Crippen LogP contribution in [0.15, 0.2) is 18.2 Å². The van der Waals surface area contributed by atoms with Crippen LogP contribution in [-0.4, -0.2) is 45.3 Å². The summed E-state index contributed by atoms with van der Waals surface area (Å²) in [6.07, 6.45) is 1.29. The summed E-state index contributed by atoms with van der Waals surface area (Å²) < 4.78 is 10.8. The van der Waals surface area contributed by atoms with E-state index in [0.717, 1.165) is 24.0 Å². The van der Waals surface area contributed by atoms with Gasteiger partial charge in [0.25, 0.3) is 0 Å². The lowest BCUT2D eigenvalue weighted by atomic mass is 10.0. The van der Waals surface area contributed by atoms with Crippen LogP contribution in [0.2, 0.25) is 0 Å². The summed E-state index contributed by atoms with van der Waals surface area (Å²) in [5.74, 6) is 2.50. The summed E-state index contributed by atoms with van der Waals surface area (Å²) in [4.78, 5) is 2.56. The van der Waals surface area contributed by atoms with Crippen molar-refractivity contribution >= 4 is 0 Å². The second-order valence-corrected chi connectivity index (χ2v) is 6.09. The summed E-state index contributed by atoms with van der Waals surface area (Å²) in [7, 11) is 5.40. The second kappa shape index (κ2) is 7.14. The van der Waals surface area contributed by atoms with E-state index in [1.807, 2.05) is 19.2 Å². The SMILES string of the molecule is CNC(CN1CC(C)CC1C)c1ccc(OC)cc1OC. The van der Waals surface area contributed by atoms with E-state index >= 15 is 0 Å². The molecule has 118 valence electrons. The molecule has 3 atom stereocenters. The van der Waals surface area contributed by atoms with E-state index in [1.54, 1.807) is 14.2 Å². The van der Waals surface area contributed by atoms with E-state index in [4.69, 9.17) is 9.47 Å². The minimum atomic E-state index is 0.263. The normalized spacial score (nSPS) is 24.0. The van der Waals surface area contributed by atoms with E-state index in [0.29, 0.717) is 6.04 Å². The lowest BCUT2D eigenvalue weighted by Gasteiger charge is -2.28. The number of nitrogens with zero attached hydrogens (tertiary/aromatic N) is 1. The van der Waals surface area contributed by atoms with E-state index in [1.165, 1.54) is 18.5 Å². The molecule has 1 saturated heterocycles. The molecule has 4 heteroatoms. The molecule has 0 aliphatic carbocycles. The van der Waals surface area contributed by atoms with E-state index in [2.05, 4.69) is 30.1 Å². The predicted octanol–water partition coefficient (Wildman–Crippen LogP) is 2.69. The van der Waals surface area contributed by atoms with Crippen molar-refractivity contribution in [3.63, 3.8) is 0 Å². The van der Waals surface area contributed by atoms with Gasteiger partial charge in [0.1, 0.15) is 11.5 Å². The lowest BCUT2D eigenvalue weighted by Crippen LogP contribution is -2.36. The first-order valence-corrected chi connectivity index (χ1v) is 7.72. The third-order valence-corrected chi connectivity index (χ3v) is 4.49. The summed E-state index contributed by atoms with van der Waals surface area (Å²) in [6.45, 7) is 6.84. The number of hydrogen-bond donors (Lipinski definition) is 1. The minimum absolute atomic E-state index is 0.263. The van der Waals surface area contributed by atoms with Gasteiger partial charge in [0, 0.05) is 36.8 Å². The first-order valence-electron chi connectivity index (χ1n) is 7.72. The highest BCUT2D eigenvalue weighted by atomic mass is 16.5. The van der Waals surface area contributed by atoms with Crippen LogP contribution < -0.4 is 14.8 Å². The smallest absolute Gasteiger partial charge is 0.127 e. The van der Waals surface area contributed by atoms with Gasteiger partial charge in [-0.1, -0.05) is 13.0 Å². The fraction of sp³-hybridized carbons (Fsp3) is 0.647. The molecule has 0 radical (unpaired) electrons. The summed E-state index contributed by atoms with van der Waals surface area (Å²) in [5, 5.41) is 3.43. The number of likely N-dealkylation sites (N-methyl/N-ethyl adjacent to an activating group) is 1. The average molecular weight is 292 g/mol. The van der Waals surface area contributed by atoms with Crippen LogP contribution >= 0.6 is 0 Å². The average Bonchev–Trinajstić information content (AvgIpc) is 2.81. The lowest BCUT2D eigenvalue weighted by molar-refractivity contribution is 0.236. The van der Waals surface area contributed by atoms with Crippen LogP contribution in [0, 0.1) is 5.92 Å². The number of methoxy groups -OCH3 is 2. The van der Waals surface area contributed by atoms with Gasteiger partial charge in [-0.3, -0.25) is 4.90 Å². The third kappa shape index (κ3) is 3.69. The maximum atomic E-state index is 5.54. The zero-order valence-electron chi connectivity index (χ0n) is 13.8. The van der Waals surface area contributed by atoms with Crippen molar-refractivity contribution in [2.45, 2.75) is 32.4 Å².